The second-order valence-electron chi connectivity index (χ2n) is 7.06. The van der Waals surface area contributed by atoms with Crippen LogP contribution < -0.4 is 14.8 Å². The summed E-state index contributed by atoms with van der Waals surface area (Å²) < 4.78 is 17.1. The van der Waals surface area contributed by atoms with E-state index in [0.29, 0.717) is 41.1 Å². The number of aromatic nitrogens is 3. The molecule has 0 bridgehead atoms. The van der Waals surface area contributed by atoms with Crippen LogP contribution in [-0.4, -0.2) is 40.1 Å². The molecule has 1 amide bonds. The van der Waals surface area contributed by atoms with Crippen LogP contribution in [0.15, 0.2) is 35.0 Å². The Morgan fingerprint density at radius 1 is 1.29 bits per heavy atom. The van der Waals surface area contributed by atoms with E-state index in [4.69, 9.17) is 13.9 Å². The van der Waals surface area contributed by atoms with Gasteiger partial charge in [0.15, 0.2) is 5.58 Å². The molecule has 3 heterocycles. The van der Waals surface area contributed by atoms with Crippen LogP contribution in [0.2, 0.25) is 0 Å². The molecule has 1 saturated carbocycles. The molecule has 3 aromatic heterocycles. The summed E-state index contributed by atoms with van der Waals surface area (Å²) in [7, 11) is 0. The number of ether oxygens (including phenoxy) is 2. The van der Waals surface area contributed by atoms with E-state index in [2.05, 4.69) is 20.3 Å². The van der Waals surface area contributed by atoms with Crippen LogP contribution >= 0.6 is 0 Å². The predicted molar refractivity (Wildman–Crippen MR) is 102 cm³/mol. The van der Waals surface area contributed by atoms with Gasteiger partial charge in [0, 0.05) is 13.0 Å². The molecule has 4 rings (SSSR count). The van der Waals surface area contributed by atoms with E-state index < -0.39 is 0 Å². The van der Waals surface area contributed by atoms with Crippen molar-refractivity contribution in [2.24, 2.45) is 5.92 Å². The lowest BCUT2D eigenvalue weighted by Crippen LogP contribution is -2.35. The summed E-state index contributed by atoms with van der Waals surface area (Å²) in [5.41, 5.74) is 1.80. The van der Waals surface area contributed by atoms with Crippen molar-refractivity contribution >= 4 is 17.0 Å². The molecule has 28 heavy (non-hydrogen) atoms. The molecule has 0 saturated heterocycles. The zero-order valence-electron chi connectivity index (χ0n) is 15.8. The standard InChI is InChI=1S/C20H22N4O4/c1-12(23-13(2)25)10-27-19-7-18-17(9-22-19)24-20(28-18)16-6-5-15(8-21-16)26-11-14-3-4-14/h5-9,12,14H,3-4,10-11H2,1-2H3,(H,23,25)/t12-/m0/s1. The van der Waals surface area contributed by atoms with E-state index in [1.807, 2.05) is 19.1 Å². The van der Waals surface area contributed by atoms with E-state index in [-0.39, 0.29) is 11.9 Å². The highest BCUT2D eigenvalue weighted by atomic mass is 16.5. The summed E-state index contributed by atoms with van der Waals surface area (Å²) in [6.07, 6.45) is 5.78. The number of oxazole rings is 1. The molecule has 1 aliphatic rings. The topological polar surface area (TPSA) is 99.4 Å². The zero-order chi connectivity index (χ0) is 19.5. The molecule has 0 radical (unpaired) electrons. The number of carbonyl (C=O) groups excluding carboxylic acids is 1. The Morgan fingerprint density at radius 3 is 2.86 bits per heavy atom. The predicted octanol–water partition coefficient (Wildman–Crippen LogP) is 2.98. The minimum absolute atomic E-state index is 0.101. The van der Waals surface area contributed by atoms with Gasteiger partial charge in [0.1, 0.15) is 23.6 Å². The monoisotopic (exact) mass is 382 g/mol. The summed E-state index contributed by atoms with van der Waals surface area (Å²) in [5.74, 6) is 2.16. The first-order valence-electron chi connectivity index (χ1n) is 9.32. The van der Waals surface area contributed by atoms with Gasteiger partial charge in [-0.1, -0.05) is 0 Å². The molecule has 1 aliphatic carbocycles. The number of nitrogens with one attached hydrogen (secondary N) is 1. The van der Waals surface area contributed by atoms with Crippen LogP contribution in [0.4, 0.5) is 0 Å². The summed E-state index contributed by atoms with van der Waals surface area (Å²) in [6, 6.07) is 5.26. The Balaban J connectivity index is 1.43. The maximum Gasteiger partial charge on any atom is 0.246 e. The minimum atomic E-state index is -0.120. The Hall–Kier alpha value is -3.16. The van der Waals surface area contributed by atoms with Crippen LogP contribution in [0.25, 0.3) is 22.7 Å². The third-order valence-electron chi connectivity index (χ3n) is 4.32. The van der Waals surface area contributed by atoms with Gasteiger partial charge in [0.25, 0.3) is 0 Å². The van der Waals surface area contributed by atoms with Gasteiger partial charge in [-0.3, -0.25) is 4.79 Å². The summed E-state index contributed by atoms with van der Waals surface area (Å²) >= 11 is 0. The van der Waals surface area contributed by atoms with Crippen LogP contribution in [0, 0.1) is 5.92 Å². The number of amides is 1. The van der Waals surface area contributed by atoms with Crippen molar-refractivity contribution in [3.8, 4) is 23.2 Å². The maximum absolute atomic E-state index is 11.0. The second-order valence-corrected chi connectivity index (χ2v) is 7.06. The van der Waals surface area contributed by atoms with Gasteiger partial charge in [0.05, 0.1) is 25.0 Å². The maximum atomic E-state index is 11.0. The van der Waals surface area contributed by atoms with Crippen LogP contribution in [0.1, 0.15) is 26.7 Å². The largest absolute Gasteiger partial charge is 0.492 e. The van der Waals surface area contributed by atoms with Crippen molar-refractivity contribution in [3.05, 3.63) is 30.6 Å². The smallest absolute Gasteiger partial charge is 0.246 e. The van der Waals surface area contributed by atoms with E-state index in [1.54, 1.807) is 18.5 Å². The molecule has 8 heteroatoms. The van der Waals surface area contributed by atoms with E-state index in [0.717, 1.165) is 12.4 Å². The average Bonchev–Trinajstić information content (AvgIpc) is 3.41. The molecule has 8 nitrogen and oxygen atoms in total. The molecular formula is C20H22N4O4. The number of pyridine rings is 2. The van der Waals surface area contributed by atoms with Gasteiger partial charge in [-0.2, -0.15) is 0 Å². The summed E-state index contributed by atoms with van der Waals surface area (Å²) in [5, 5.41) is 2.75. The summed E-state index contributed by atoms with van der Waals surface area (Å²) in [4.78, 5) is 24.1. The number of hydrogen-bond acceptors (Lipinski definition) is 7. The molecule has 3 aromatic rings. The van der Waals surface area contributed by atoms with Crippen molar-refractivity contribution < 1.29 is 18.7 Å². The van der Waals surface area contributed by atoms with E-state index in [1.165, 1.54) is 19.8 Å². The highest BCUT2D eigenvalue weighted by molar-refractivity contribution is 5.75. The molecule has 0 aromatic carbocycles. The van der Waals surface area contributed by atoms with Crippen molar-refractivity contribution in [2.75, 3.05) is 13.2 Å². The van der Waals surface area contributed by atoms with Crippen molar-refractivity contribution in [1.29, 1.82) is 0 Å². The van der Waals surface area contributed by atoms with Crippen molar-refractivity contribution in [1.82, 2.24) is 20.3 Å². The highest BCUT2D eigenvalue weighted by Crippen LogP contribution is 2.30. The van der Waals surface area contributed by atoms with Gasteiger partial charge in [-0.25, -0.2) is 15.0 Å². The molecule has 1 atom stereocenters. The van der Waals surface area contributed by atoms with Gasteiger partial charge in [0.2, 0.25) is 17.7 Å². The van der Waals surface area contributed by atoms with Crippen LogP contribution in [0.5, 0.6) is 11.6 Å². The Morgan fingerprint density at radius 2 is 2.14 bits per heavy atom. The molecule has 0 spiro atoms. The molecule has 1 fully saturated rings. The molecule has 0 unspecified atom stereocenters. The third kappa shape index (κ3) is 4.57. The van der Waals surface area contributed by atoms with Gasteiger partial charge >= 0.3 is 0 Å². The first kappa shape index (κ1) is 18.2. The van der Waals surface area contributed by atoms with Crippen LogP contribution in [-0.2, 0) is 4.79 Å². The second kappa shape index (κ2) is 7.84. The number of nitrogens with zero attached hydrogens (tertiary/aromatic N) is 3. The van der Waals surface area contributed by atoms with E-state index >= 15 is 0 Å². The average molecular weight is 382 g/mol. The highest BCUT2D eigenvalue weighted by Gasteiger charge is 2.22. The zero-order valence-corrected chi connectivity index (χ0v) is 15.8. The lowest BCUT2D eigenvalue weighted by atomic mass is 10.3. The van der Waals surface area contributed by atoms with Gasteiger partial charge in [-0.05, 0) is 37.8 Å². The molecule has 146 valence electrons. The normalized spacial score (nSPS) is 14.6. The van der Waals surface area contributed by atoms with Gasteiger partial charge in [-0.15, -0.1) is 0 Å². The quantitative estimate of drug-likeness (QED) is 0.639. The fourth-order valence-corrected chi connectivity index (χ4v) is 2.69. The Kier molecular flexibility index (Phi) is 5.10. The first-order valence-corrected chi connectivity index (χ1v) is 9.32. The summed E-state index contributed by atoms with van der Waals surface area (Å²) in [6.45, 7) is 4.38. The Bertz CT molecular complexity index is 966. The van der Waals surface area contributed by atoms with Crippen LogP contribution in [0.3, 0.4) is 0 Å². The lowest BCUT2D eigenvalue weighted by Gasteiger charge is -2.12. The van der Waals surface area contributed by atoms with Gasteiger partial charge < -0.3 is 19.2 Å². The fourth-order valence-electron chi connectivity index (χ4n) is 2.69. The molecule has 0 aliphatic heterocycles. The first-order chi connectivity index (χ1) is 13.6. The lowest BCUT2D eigenvalue weighted by molar-refractivity contribution is -0.119. The minimum Gasteiger partial charge on any atom is -0.492 e. The van der Waals surface area contributed by atoms with Crippen molar-refractivity contribution in [2.45, 2.75) is 32.7 Å². The fraction of sp³-hybridized carbons (Fsp3) is 0.400. The van der Waals surface area contributed by atoms with Crippen molar-refractivity contribution in [3.63, 3.8) is 0 Å². The Labute approximate surface area is 162 Å². The third-order valence-corrected chi connectivity index (χ3v) is 4.32. The SMILES string of the molecule is CC(=O)N[C@@H](C)COc1cc2oc(-c3ccc(OCC4CC4)cn3)nc2cn1. The number of carbonyl (C=O) groups is 1. The number of hydrogen-bond donors (Lipinski definition) is 1. The van der Waals surface area contributed by atoms with E-state index in [9.17, 15) is 4.79 Å². The number of rotatable bonds is 8. The molecule has 1 N–H and O–H groups in total. The number of fused-ring (bicyclic) bond motifs is 1. The molecular weight excluding hydrogens is 360 g/mol.